The van der Waals surface area contributed by atoms with Crippen LogP contribution in [0.1, 0.15) is 0 Å². The molecular formula is C56H35N3O. The van der Waals surface area contributed by atoms with Crippen LogP contribution in [0.5, 0.6) is 0 Å². The van der Waals surface area contributed by atoms with Crippen LogP contribution in [0.2, 0.25) is 0 Å². The van der Waals surface area contributed by atoms with Crippen LogP contribution in [-0.4, -0.2) is 9.97 Å². The van der Waals surface area contributed by atoms with Gasteiger partial charge in [-0.3, -0.25) is 4.98 Å². The summed E-state index contributed by atoms with van der Waals surface area (Å²) in [6.07, 6.45) is 1.95. The Labute approximate surface area is 346 Å². The van der Waals surface area contributed by atoms with Crippen LogP contribution in [0.15, 0.2) is 217 Å². The van der Waals surface area contributed by atoms with Crippen LogP contribution in [0, 0.1) is 0 Å². The largest absolute Gasteiger partial charge is 0.438 e. The van der Waals surface area contributed by atoms with E-state index in [-0.39, 0.29) is 0 Å². The zero-order chi connectivity index (χ0) is 39.6. The summed E-state index contributed by atoms with van der Waals surface area (Å²) in [7, 11) is 0. The van der Waals surface area contributed by atoms with Gasteiger partial charge in [0.25, 0.3) is 0 Å². The number of pyridine rings is 2. The number of nitrogens with zero attached hydrogens (tertiary/aromatic N) is 3. The van der Waals surface area contributed by atoms with Gasteiger partial charge < -0.3 is 9.32 Å². The summed E-state index contributed by atoms with van der Waals surface area (Å²) in [6, 6.07) is 73.6. The summed E-state index contributed by atoms with van der Waals surface area (Å²) in [5.41, 5.74) is 11.0. The molecular weight excluding hydrogens is 731 g/mol. The summed E-state index contributed by atoms with van der Waals surface area (Å²) in [4.78, 5) is 12.1. The lowest BCUT2D eigenvalue weighted by Crippen LogP contribution is -2.10. The number of hydrogen-bond acceptors (Lipinski definition) is 4. The van der Waals surface area contributed by atoms with Crippen molar-refractivity contribution in [1.29, 1.82) is 0 Å². The molecule has 0 spiro atoms. The second-order valence-electron chi connectivity index (χ2n) is 15.5. The summed E-state index contributed by atoms with van der Waals surface area (Å²) < 4.78 is 6.13. The molecule has 0 aliphatic carbocycles. The first-order valence-corrected chi connectivity index (χ1v) is 20.3. The first kappa shape index (κ1) is 34.0. The Morgan fingerprint density at radius 2 is 0.867 bits per heavy atom. The second kappa shape index (κ2) is 13.8. The highest BCUT2D eigenvalue weighted by Crippen LogP contribution is 2.40. The average molecular weight is 766 g/mol. The van der Waals surface area contributed by atoms with Gasteiger partial charge in [0.1, 0.15) is 5.58 Å². The molecule has 280 valence electrons. The maximum Gasteiger partial charge on any atom is 0.227 e. The van der Waals surface area contributed by atoms with E-state index in [0.717, 1.165) is 61.3 Å². The fourth-order valence-corrected chi connectivity index (χ4v) is 8.76. The maximum absolute atomic E-state index is 6.13. The summed E-state index contributed by atoms with van der Waals surface area (Å²) >= 11 is 0. The molecule has 3 heterocycles. The number of rotatable bonds is 6. The van der Waals surface area contributed by atoms with Gasteiger partial charge in [-0.25, -0.2) is 4.98 Å². The molecule has 60 heavy (non-hydrogen) atoms. The van der Waals surface area contributed by atoms with Gasteiger partial charge in [0, 0.05) is 50.5 Å². The number of para-hydroxylation sites is 1. The van der Waals surface area contributed by atoms with Crippen molar-refractivity contribution >= 4 is 82.2 Å². The molecule has 0 saturated heterocycles. The van der Waals surface area contributed by atoms with E-state index in [2.05, 4.69) is 187 Å². The molecule has 9 aromatic carbocycles. The minimum Gasteiger partial charge on any atom is -0.438 e. The number of fused-ring (bicyclic) bond motifs is 8. The van der Waals surface area contributed by atoms with E-state index in [1.165, 1.54) is 48.8 Å². The van der Waals surface area contributed by atoms with Gasteiger partial charge in [0.15, 0.2) is 0 Å². The van der Waals surface area contributed by atoms with Crippen molar-refractivity contribution in [3.8, 4) is 33.6 Å². The molecule has 0 saturated carbocycles. The van der Waals surface area contributed by atoms with Crippen molar-refractivity contribution in [2.45, 2.75) is 0 Å². The predicted octanol–water partition coefficient (Wildman–Crippen LogP) is 15.5. The molecule has 4 nitrogen and oxygen atoms in total. The lowest BCUT2D eigenvalue weighted by atomic mass is 9.96. The fourth-order valence-electron chi connectivity index (χ4n) is 8.76. The van der Waals surface area contributed by atoms with Crippen LogP contribution in [0.25, 0.3) is 98.8 Å². The topological polar surface area (TPSA) is 42.2 Å². The zero-order valence-electron chi connectivity index (χ0n) is 32.5. The Kier molecular flexibility index (Phi) is 7.82. The third kappa shape index (κ3) is 5.85. The van der Waals surface area contributed by atoms with E-state index in [1.807, 2.05) is 30.5 Å². The smallest absolute Gasteiger partial charge is 0.227 e. The Balaban J connectivity index is 0.929. The van der Waals surface area contributed by atoms with E-state index < -0.39 is 0 Å². The zero-order valence-corrected chi connectivity index (χ0v) is 32.5. The SMILES string of the molecule is c1ccc2cc(-c3ccc4c(ccc5cc(N(c6ccc(-c7cc8ccccc8cn7)cc6)c6ccc(-c7ccc8c(n7)oc7ccccc78)cc6)ccc54)c3)ccc2c1. The quantitative estimate of drug-likeness (QED) is 0.158. The van der Waals surface area contributed by atoms with E-state index in [0.29, 0.717) is 5.71 Å². The third-order valence-electron chi connectivity index (χ3n) is 11.9. The van der Waals surface area contributed by atoms with Crippen LogP contribution in [0.4, 0.5) is 17.1 Å². The van der Waals surface area contributed by atoms with Gasteiger partial charge >= 0.3 is 0 Å². The highest BCUT2D eigenvalue weighted by Gasteiger charge is 2.16. The Morgan fingerprint density at radius 3 is 1.63 bits per heavy atom. The molecule has 0 unspecified atom stereocenters. The van der Waals surface area contributed by atoms with Crippen molar-refractivity contribution in [1.82, 2.24) is 9.97 Å². The predicted molar refractivity (Wildman–Crippen MR) is 250 cm³/mol. The first-order valence-electron chi connectivity index (χ1n) is 20.3. The number of furan rings is 1. The normalized spacial score (nSPS) is 11.7. The lowest BCUT2D eigenvalue weighted by molar-refractivity contribution is 0.654. The van der Waals surface area contributed by atoms with Crippen molar-refractivity contribution in [3.63, 3.8) is 0 Å². The molecule has 0 atom stereocenters. The number of benzene rings is 9. The van der Waals surface area contributed by atoms with E-state index >= 15 is 0 Å². The molecule has 0 amide bonds. The van der Waals surface area contributed by atoms with Crippen LogP contribution >= 0.6 is 0 Å². The van der Waals surface area contributed by atoms with E-state index in [4.69, 9.17) is 14.4 Å². The first-order chi connectivity index (χ1) is 29.7. The molecule has 0 fully saturated rings. The molecule has 3 aromatic heterocycles. The van der Waals surface area contributed by atoms with E-state index in [1.54, 1.807) is 0 Å². The lowest BCUT2D eigenvalue weighted by Gasteiger charge is -2.26. The highest BCUT2D eigenvalue weighted by atomic mass is 16.3. The number of anilines is 3. The van der Waals surface area contributed by atoms with Crippen LogP contribution < -0.4 is 4.90 Å². The molecule has 0 aliphatic rings. The summed E-state index contributed by atoms with van der Waals surface area (Å²) in [5.74, 6) is 0. The van der Waals surface area contributed by atoms with Gasteiger partial charge in [0.2, 0.25) is 5.71 Å². The van der Waals surface area contributed by atoms with E-state index in [9.17, 15) is 0 Å². The average Bonchev–Trinajstić information content (AvgIpc) is 3.69. The van der Waals surface area contributed by atoms with Gasteiger partial charge in [-0.2, -0.15) is 0 Å². The monoisotopic (exact) mass is 765 g/mol. The standard InChI is InChI=1S/C56H35N3O/c1-2-8-39-31-41(14-13-36(39)7-1)42-21-27-49-43(32-42)15-16-44-33-48(26-28-50(44)49)59(47-24-19-38(20-25-47)54-34-40-9-3-4-10-45(40)35-57-54)46-22-17-37(18-23-46)53-30-29-52-51-11-5-6-12-55(51)60-56(52)58-53/h1-35H. The van der Waals surface area contributed by atoms with Crippen molar-refractivity contribution in [2.24, 2.45) is 0 Å². The summed E-state index contributed by atoms with van der Waals surface area (Å²) in [5, 5.41) is 11.8. The fraction of sp³-hybridized carbons (Fsp3) is 0. The van der Waals surface area contributed by atoms with Gasteiger partial charge in [0.05, 0.1) is 11.4 Å². The second-order valence-corrected chi connectivity index (χ2v) is 15.5. The maximum atomic E-state index is 6.13. The number of aromatic nitrogens is 2. The van der Waals surface area contributed by atoms with Crippen LogP contribution in [0.3, 0.4) is 0 Å². The van der Waals surface area contributed by atoms with Gasteiger partial charge in [-0.05, 0) is 122 Å². The molecule has 0 aliphatic heterocycles. The third-order valence-corrected chi connectivity index (χ3v) is 11.9. The van der Waals surface area contributed by atoms with Gasteiger partial charge in [-0.1, -0.05) is 133 Å². The molecule has 0 bridgehead atoms. The van der Waals surface area contributed by atoms with Gasteiger partial charge in [-0.15, -0.1) is 0 Å². The summed E-state index contributed by atoms with van der Waals surface area (Å²) in [6.45, 7) is 0. The van der Waals surface area contributed by atoms with Crippen LogP contribution in [-0.2, 0) is 0 Å². The molecule has 0 N–H and O–H groups in total. The minimum absolute atomic E-state index is 0.647. The molecule has 0 radical (unpaired) electrons. The Bertz CT molecular complexity index is 3610. The molecule has 12 rings (SSSR count). The Morgan fingerprint density at radius 1 is 0.333 bits per heavy atom. The highest BCUT2D eigenvalue weighted by molar-refractivity contribution is 6.10. The van der Waals surface area contributed by atoms with Crippen molar-refractivity contribution in [2.75, 3.05) is 4.90 Å². The van der Waals surface area contributed by atoms with Crippen molar-refractivity contribution < 1.29 is 4.42 Å². The molecule has 12 aromatic rings. The van der Waals surface area contributed by atoms with Crippen molar-refractivity contribution in [3.05, 3.63) is 212 Å². The Hall–Kier alpha value is -8.08. The minimum atomic E-state index is 0.647. The molecule has 4 heteroatoms. The number of hydrogen-bond donors (Lipinski definition) is 0.